The number of rotatable bonds is 4. The van der Waals surface area contributed by atoms with Crippen LogP contribution in [0.4, 0.5) is 11.4 Å². The SMILES string of the molecule is CC1CCCC(C)N1C(=O)CNc1cccc([N+](=O)[O-])c1. The van der Waals surface area contributed by atoms with E-state index >= 15 is 0 Å². The highest BCUT2D eigenvalue weighted by Crippen LogP contribution is 2.23. The van der Waals surface area contributed by atoms with Gasteiger partial charge in [-0.2, -0.15) is 0 Å². The van der Waals surface area contributed by atoms with Crippen LogP contribution in [0.2, 0.25) is 0 Å². The van der Waals surface area contributed by atoms with Crippen LogP contribution in [0.25, 0.3) is 0 Å². The molecular weight excluding hydrogens is 270 g/mol. The third-order valence-electron chi connectivity index (χ3n) is 3.98. The number of amides is 1. The Morgan fingerprint density at radius 1 is 1.38 bits per heavy atom. The minimum Gasteiger partial charge on any atom is -0.376 e. The van der Waals surface area contributed by atoms with Gasteiger partial charge in [-0.15, -0.1) is 0 Å². The molecule has 0 aromatic heterocycles. The van der Waals surface area contributed by atoms with Gasteiger partial charge in [0.2, 0.25) is 5.91 Å². The lowest BCUT2D eigenvalue weighted by atomic mass is 9.97. The van der Waals surface area contributed by atoms with E-state index < -0.39 is 4.92 Å². The molecule has 114 valence electrons. The predicted octanol–water partition coefficient (Wildman–Crippen LogP) is 2.80. The molecule has 0 bridgehead atoms. The van der Waals surface area contributed by atoms with Crippen LogP contribution in [0, 0.1) is 10.1 Å². The van der Waals surface area contributed by atoms with Gasteiger partial charge >= 0.3 is 0 Å². The second-order valence-electron chi connectivity index (χ2n) is 5.59. The number of nitro groups is 1. The van der Waals surface area contributed by atoms with Crippen molar-refractivity contribution in [1.29, 1.82) is 0 Å². The van der Waals surface area contributed by atoms with Crippen molar-refractivity contribution >= 4 is 17.3 Å². The molecular formula is C15H21N3O3. The van der Waals surface area contributed by atoms with Crippen molar-refractivity contribution in [2.45, 2.75) is 45.2 Å². The minimum absolute atomic E-state index is 0.0205. The predicted molar refractivity (Wildman–Crippen MR) is 81.2 cm³/mol. The molecule has 0 spiro atoms. The van der Waals surface area contributed by atoms with Crippen LogP contribution in [0.1, 0.15) is 33.1 Å². The first-order valence-electron chi connectivity index (χ1n) is 7.28. The molecule has 1 amide bonds. The summed E-state index contributed by atoms with van der Waals surface area (Å²) < 4.78 is 0. The van der Waals surface area contributed by atoms with Crippen molar-refractivity contribution in [3.05, 3.63) is 34.4 Å². The molecule has 1 N–H and O–H groups in total. The second-order valence-corrected chi connectivity index (χ2v) is 5.59. The summed E-state index contributed by atoms with van der Waals surface area (Å²) in [4.78, 5) is 24.5. The highest BCUT2D eigenvalue weighted by Gasteiger charge is 2.28. The summed E-state index contributed by atoms with van der Waals surface area (Å²) in [6.45, 7) is 4.30. The third kappa shape index (κ3) is 3.71. The van der Waals surface area contributed by atoms with Gasteiger partial charge < -0.3 is 10.2 Å². The number of benzene rings is 1. The number of carbonyl (C=O) groups is 1. The van der Waals surface area contributed by atoms with Crippen molar-refractivity contribution in [2.24, 2.45) is 0 Å². The summed E-state index contributed by atoms with van der Waals surface area (Å²) in [6.07, 6.45) is 3.23. The Bertz CT molecular complexity index is 523. The van der Waals surface area contributed by atoms with Gasteiger partial charge in [0, 0.05) is 29.9 Å². The molecule has 1 aliphatic heterocycles. The fourth-order valence-electron chi connectivity index (χ4n) is 2.91. The maximum atomic E-state index is 12.3. The van der Waals surface area contributed by atoms with Crippen molar-refractivity contribution in [3.8, 4) is 0 Å². The Labute approximate surface area is 124 Å². The monoisotopic (exact) mass is 291 g/mol. The van der Waals surface area contributed by atoms with Crippen molar-refractivity contribution in [3.63, 3.8) is 0 Å². The quantitative estimate of drug-likeness (QED) is 0.683. The van der Waals surface area contributed by atoms with Crippen molar-refractivity contribution in [1.82, 2.24) is 4.90 Å². The lowest BCUT2D eigenvalue weighted by Crippen LogP contribution is -2.49. The van der Waals surface area contributed by atoms with Gasteiger partial charge in [0.25, 0.3) is 5.69 Å². The number of anilines is 1. The lowest BCUT2D eigenvalue weighted by molar-refractivity contribution is -0.384. The minimum atomic E-state index is -0.443. The molecule has 1 aromatic rings. The molecule has 1 aromatic carbocycles. The Morgan fingerprint density at radius 3 is 2.67 bits per heavy atom. The number of nitro benzene ring substituents is 1. The van der Waals surface area contributed by atoms with Crippen LogP contribution in [0.5, 0.6) is 0 Å². The molecule has 0 radical (unpaired) electrons. The molecule has 0 aliphatic carbocycles. The van der Waals surface area contributed by atoms with E-state index in [2.05, 4.69) is 19.2 Å². The van der Waals surface area contributed by atoms with E-state index in [1.165, 1.54) is 12.1 Å². The average molecular weight is 291 g/mol. The van der Waals surface area contributed by atoms with Crippen LogP contribution < -0.4 is 5.32 Å². The summed E-state index contributed by atoms with van der Waals surface area (Å²) in [7, 11) is 0. The van der Waals surface area contributed by atoms with E-state index in [1.54, 1.807) is 12.1 Å². The third-order valence-corrected chi connectivity index (χ3v) is 3.98. The summed E-state index contributed by atoms with van der Waals surface area (Å²) in [5.41, 5.74) is 0.613. The largest absolute Gasteiger partial charge is 0.376 e. The number of piperidine rings is 1. The fraction of sp³-hybridized carbons (Fsp3) is 0.533. The Kier molecular flexibility index (Phi) is 4.77. The molecule has 2 rings (SSSR count). The lowest BCUT2D eigenvalue weighted by Gasteiger charge is -2.39. The zero-order valence-electron chi connectivity index (χ0n) is 12.4. The zero-order chi connectivity index (χ0) is 15.4. The van der Waals surface area contributed by atoms with Crippen LogP contribution >= 0.6 is 0 Å². The standard InChI is InChI=1S/C15H21N3O3/c1-11-5-3-6-12(2)17(11)15(19)10-16-13-7-4-8-14(9-13)18(20)21/h4,7-9,11-12,16H,3,5-6,10H2,1-2H3. The number of nitrogens with zero attached hydrogens (tertiary/aromatic N) is 2. The van der Waals surface area contributed by atoms with E-state index in [9.17, 15) is 14.9 Å². The second kappa shape index (κ2) is 6.56. The number of non-ortho nitro benzene ring substituents is 1. The molecule has 6 heteroatoms. The summed E-state index contributed by atoms with van der Waals surface area (Å²) >= 11 is 0. The summed E-state index contributed by atoms with van der Waals surface area (Å²) in [6, 6.07) is 6.72. The molecule has 0 saturated carbocycles. The maximum absolute atomic E-state index is 12.3. The Balaban J connectivity index is 1.97. The van der Waals surface area contributed by atoms with Crippen LogP contribution in [-0.2, 0) is 4.79 Å². The maximum Gasteiger partial charge on any atom is 0.271 e. The van der Waals surface area contributed by atoms with Crippen molar-refractivity contribution in [2.75, 3.05) is 11.9 Å². The van der Waals surface area contributed by atoms with Gasteiger partial charge in [-0.25, -0.2) is 0 Å². The molecule has 1 aliphatic rings. The summed E-state index contributed by atoms with van der Waals surface area (Å²) in [5, 5.41) is 13.7. The average Bonchev–Trinajstić information content (AvgIpc) is 2.45. The highest BCUT2D eigenvalue weighted by molar-refractivity contribution is 5.81. The fourth-order valence-corrected chi connectivity index (χ4v) is 2.91. The van der Waals surface area contributed by atoms with E-state index in [4.69, 9.17) is 0 Å². The number of hydrogen-bond acceptors (Lipinski definition) is 4. The van der Waals surface area contributed by atoms with Gasteiger partial charge in [0.1, 0.15) is 0 Å². The van der Waals surface area contributed by atoms with Crippen LogP contribution in [-0.4, -0.2) is 34.4 Å². The topological polar surface area (TPSA) is 75.5 Å². The number of hydrogen-bond donors (Lipinski definition) is 1. The summed E-state index contributed by atoms with van der Waals surface area (Å²) in [5.74, 6) is 0.0428. The van der Waals surface area contributed by atoms with E-state index in [0.29, 0.717) is 5.69 Å². The molecule has 1 fully saturated rings. The normalized spacial score (nSPS) is 21.9. The molecule has 2 atom stereocenters. The molecule has 1 saturated heterocycles. The Morgan fingerprint density at radius 2 is 2.05 bits per heavy atom. The number of carbonyl (C=O) groups excluding carboxylic acids is 1. The number of nitrogens with one attached hydrogen (secondary N) is 1. The van der Waals surface area contributed by atoms with Gasteiger partial charge in [0.15, 0.2) is 0 Å². The van der Waals surface area contributed by atoms with Gasteiger partial charge in [-0.3, -0.25) is 14.9 Å². The van der Waals surface area contributed by atoms with E-state index in [1.807, 2.05) is 4.90 Å². The molecule has 2 unspecified atom stereocenters. The zero-order valence-corrected chi connectivity index (χ0v) is 12.4. The van der Waals surface area contributed by atoms with Crippen molar-refractivity contribution < 1.29 is 9.72 Å². The Hall–Kier alpha value is -2.11. The van der Waals surface area contributed by atoms with E-state index in [-0.39, 0.29) is 30.2 Å². The first-order chi connectivity index (χ1) is 9.99. The van der Waals surface area contributed by atoms with Crippen LogP contribution in [0.15, 0.2) is 24.3 Å². The van der Waals surface area contributed by atoms with Crippen LogP contribution in [0.3, 0.4) is 0 Å². The first kappa shape index (κ1) is 15.3. The molecule has 6 nitrogen and oxygen atoms in total. The van der Waals surface area contributed by atoms with E-state index in [0.717, 1.165) is 19.3 Å². The highest BCUT2D eigenvalue weighted by atomic mass is 16.6. The van der Waals surface area contributed by atoms with Gasteiger partial charge in [-0.1, -0.05) is 6.07 Å². The van der Waals surface area contributed by atoms with Gasteiger partial charge in [0.05, 0.1) is 11.5 Å². The first-order valence-corrected chi connectivity index (χ1v) is 7.28. The molecule has 21 heavy (non-hydrogen) atoms. The number of likely N-dealkylation sites (tertiary alicyclic amines) is 1. The smallest absolute Gasteiger partial charge is 0.271 e. The van der Waals surface area contributed by atoms with Gasteiger partial charge in [-0.05, 0) is 39.2 Å². The molecule has 1 heterocycles.